The molecule has 1 N–H and O–H groups in total. The Bertz CT molecular complexity index is 842. The summed E-state index contributed by atoms with van der Waals surface area (Å²) in [7, 11) is 1.60. The summed E-state index contributed by atoms with van der Waals surface area (Å²) in [6, 6.07) is 7.34. The minimum absolute atomic E-state index is 0.0631. The molecule has 0 saturated carbocycles. The van der Waals surface area contributed by atoms with Crippen LogP contribution in [0.1, 0.15) is 37.4 Å². The first-order valence-electron chi connectivity index (χ1n) is 9.77. The van der Waals surface area contributed by atoms with Crippen molar-refractivity contribution in [1.29, 1.82) is 0 Å². The van der Waals surface area contributed by atoms with Gasteiger partial charge in [0.15, 0.2) is 0 Å². The van der Waals surface area contributed by atoms with E-state index >= 15 is 0 Å². The van der Waals surface area contributed by atoms with Crippen LogP contribution >= 0.6 is 0 Å². The number of methoxy groups -OCH3 is 1. The van der Waals surface area contributed by atoms with E-state index in [-0.39, 0.29) is 24.3 Å². The van der Waals surface area contributed by atoms with Crippen LogP contribution in [0.2, 0.25) is 0 Å². The average Bonchev–Trinajstić information content (AvgIpc) is 2.70. The Morgan fingerprint density at radius 1 is 1.32 bits per heavy atom. The van der Waals surface area contributed by atoms with Crippen LogP contribution in [-0.4, -0.2) is 47.4 Å². The van der Waals surface area contributed by atoms with E-state index in [0.29, 0.717) is 12.3 Å². The molecule has 0 radical (unpaired) electrons. The van der Waals surface area contributed by atoms with Crippen LogP contribution in [0.15, 0.2) is 30.5 Å². The quantitative estimate of drug-likeness (QED) is 0.820. The van der Waals surface area contributed by atoms with Crippen LogP contribution < -0.4 is 4.74 Å². The molecule has 28 heavy (non-hydrogen) atoms. The van der Waals surface area contributed by atoms with E-state index in [1.165, 1.54) is 0 Å². The maximum Gasteiger partial charge on any atom is 0.389 e. The van der Waals surface area contributed by atoms with E-state index in [4.69, 9.17) is 4.74 Å². The number of piperidine rings is 3. The van der Waals surface area contributed by atoms with Crippen LogP contribution in [0.5, 0.6) is 5.75 Å². The molecule has 0 aliphatic carbocycles. The van der Waals surface area contributed by atoms with E-state index in [0.717, 1.165) is 35.9 Å². The Hall–Kier alpha value is -1.86. The summed E-state index contributed by atoms with van der Waals surface area (Å²) in [6.07, 6.45) is -2.00. The molecule has 3 saturated heterocycles. The van der Waals surface area contributed by atoms with Gasteiger partial charge in [-0.25, -0.2) is 0 Å². The van der Waals surface area contributed by atoms with Crippen molar-refractivity contribution in [2.75, 3.05) is 20.2 Å². The van der Waals surface area contributed by atoms with Crippen molar-refractivity contribution in [3.8, 4) is 5.75 Å². The minimum Gasteiger partial charge on any atom is -0.497 e. The number of halogens is 3. The second-order valence-corrected chi connectivity index (χ2v) is 7.99. The van der Waals surface area contributed by atoms with Gasteiger partial charge in [0.25, 0.3) is 0 Å². The van der Waals surface area contributed by atoms with Crippen molar-refractivity contribution in [3.05, 3.63) is 36.0 Å². The lowest BCUT2D eigenvalue weighted by Crippen LogP contribution is -2.55. The molecule has 152 valence electrons. The summed E-state index contributed by atoms with van der Waals surface area (Å²) in [4.78, 5) is 6.54. The van der Waals surface area contributed by atoms with Gasteiger partial charge in [-0.1, -0.05) is 0 Å². The van der Waals surface area contributed by atoms with Gasteiger partial charge < -0.3 is 9.84 Å². The van der Waals surface area contributed by atoms with Crippen molar-refractivity contribution < 1.29 is 23.0 Å². The molecule has 5 rings (SSSR count). The lowest BCUT2D eigenvalue weighted by Gasteiger charge is -2.51. The van der Waals surface area contributed by atoms with E-state index in [2.05, 4.69) is 9.88 Å². The molecular formula is C21H25F3N2O2. The van der Waals surface area contributed by atoms with Gasteiger partial charge in [0.1, 0.15) is 5.75 Å². The second kappa shape index (κ2) is 7.52. The Kier molecular flexibility index (Phi) is 5.22. The predicted octanol–water partition coefficient (Wildman–Crippen LogP) is 4.33. The number of fused-ring (bicyclic) bond motifs is 4. The van der Waals surface area contributed by atoms with Crippen LogP contribution in [0.25, 0.3) is 10.9 Å². The fraction of sp³-hybridized carbons (Fsp3) is 0.571. The lowest BCUT2D eigenvalue weighted by molar-refractivity contribution is -0.143. The van der Waals surface area contributed by atoms with Crippen molar-refractivity contribution in [2.24, 2.45) is 11.8 Å². The van der Waals surface area contributed by atoms with Gasteiger partial charge in [-0.05, 0) is 67.5 Å². The van der Waals surface area contributed by atoms with Gasteiger partial charge in [0.2, 0.25) is 0 Å². The van der Waals surface area contributed by atoms with Crippen molar-refractivity contribution in [2.45, 2.75) is 44.0 Å². The molecule has 0 amide bonds. The number of aliphatic hydroxyl groups is 1. The first-order valence-corrected chi connectivity index (χ1v) is 9.77. The van der Waals surface area contributed by atoms with Crippen LogP contribution in [0.3, 0.4) is 0 Å². The average molecular weight is 394 g/mol. The minimum atomic E-state index is -4.10. The number of aliphatic hydroxyl groups excluding tert-OH is 1. The predicted molar refractivity (Wildman–Crippen MR) is 100 cm³/mol. The third kappa shape index (κ3) is 3.82. The van der Waals surface area contributed by atoms with Crippen molar-refractivity contribution >= 4 is 10.9 Å². The molecule has 4 heterocycles. The molecule has 3 fully saturated rings. The molecule has 4 nitrogen and oxygen atoms in total. The Labute approximate surface area is 162 Å². The summed E-state index contributed by atoms with van der Waals surface area (Å²) in [5.41, 5.74) is 1.59. The molecule has 0 spiro atoms. The number of pyridine rings is 1. The maximum absolute atomic E-state index is 12.6. The highest BCUT2D eigenvalue weighted by Gasteiger charge is 2.44. The fourth-order valence-electron chi connectivity index (χ4n) is 4.92. The van der Waals surface area contributed by atoms with Gasteiger partial charge >= 0.3 is 6.18 Å². The third-order valence-corrected chi connectivity index (χ3v) is 6.40. The van der Waals surface area contributed by atoms with Crippen molar-refractivity contribution in [1.82, 2.24) is 9.88 Å². The summed E-state index contributed by atoms with van der Waals surface area (Å²) < 4.78 is 43.2. The summed E-state index contributed by atoms with van der Waals surface area (Å²) in [5, 5.41) is 12.0. The molecule has 2 bridgehead atoms. The van der Waals surface area contributed by atoms with Gasteiger partial charge in [0, 0.05) is 30.6 Å². The molecule has 3 aliphatic heterocycles. The first kappa shape index (κ1) is 19.5. The topological polar surface area (TPSA) is 45.6 Å². The molecule has 2 aromatic rings. The fourth-order valence-corrected chi connectivity index (χ4v) is 4.92. The van der Waals surface area contributed by atoms with E-state index < -0.39 is 18.7 Å². The number of alkyl halides is 3. The number of rotatable bonds is 5. The first-order chi connectivity index (χ1) is 13.4. The SMILES string of the molecule is COc1ccc2nccc([C@@H](O)C3CC4CCN3CC4CCC(F)(F)F)c2c1. The standard InChI is InChI=1S/C21H25F3N2O2/c1-28-15-2-3-18-17(11-15)16(5-8-25-18)20(27)19-10-13-6-9-26(19)12-14(13)4-7-21(22,23)24/h2-3,5,8,11,13-14,19-20,27H,4,6-7,9-10,12H2,1H3/t13?,14?,19?,20-/m1/s1. The maximum atomic E-state index is 12.6. The Balaban J connectivity index is 1.54. The zero-order valence-electron chi connectivity index (χ0n) is 15.8. The lowest BCUT2D eigenvalue weighted by atomic mass is 9.72. The van der Waals surface area contributed by atoms with E-state index in [9.17, 15) is 18.3 Å². The third-order valence-electron chi connectivity index (χ3n) is 6.40. The van der Waals surface area contributed by atoms with Crippen LogP contribution in [0.4, 0.5) is 13.2 Å². The summed E-state index contributed by atoms with van der Waals surface area (Å²) in [5.74, 6) is 1.01. The Morgan fingerprint density at radius 3 is 2.82 bits per heavy atom. The van der Waals surface area contributed by atoms with Crippen molar-refractivity contribution in [3.63, 3.8) is 0 Å². The molecular weight excluding hydrogens is 369 g/mol. The van der Waals surface area contributed by atoms with Crippen LogP contribution in [-0.2, 0) is 0 Å². The smallest absolute Gasteiger partial charge is 0.389 e. The largest absolute Gasteiger partial charge is 0.497 e. The highest BCUT2D eigenvalue weighted by atomic mass is 19.4. The van der Waals surface area contributed by atoms with Crippen LogP contribution in [0, 0.1) is 11.8 Å². The van der Waals surface area contributed by atoms with E-state index in [1.807, 2.05) is 24.3 Å². The second-order valence-electron chi connectivity index (χ2n) is 7.99. The summed E-state index contributed by atoms with van der Waals surface area (Å²) >= 11 is 0. The highest BCUT2D eigenvalue weighted by Crippen LogP contribution is 2.44. The Morgan fingerprint density at radius 2 is 2.14 bits per heavy atom. The number of benzene rings is 1. The number of hydrogen-bond donors (Lipinski definition) is 1. The number of ether oxygens (including phenoxy) is 1. The van der Waals surface area contributed by atoms with Gasteiger partial charge in [-0.2, -0.15) is 13.2 Å². The molecule has 4 unspecified atom stereocenters. The molecule has 1 aromatic heterocycles. The zero-order valence-corrected chi connectivity index (χ0v) is 15.8. The normalized spacial score (nSPS) is 28.5. The van der Waals surface area contributed by atoms with Gasteiger partial charge in [-0.3, -0.25) is 9.88 Å². The van der Waals surface area contributed by atoms with E-state index in [1.54, 1.807) is 13.3 Å². The number of hydrogen-bond acceptors (Lipinski definition) is 4. The molecule has 3 aliphatic rings. The number of aromatic nitrogens is 1. The molecule has 5 atom stereocenters. The van der Waals surface area contributed by atoms with Gasteiger partial charge in [0.05, 0.1) is 18.7 Å². The highest BCUT2D eigenvalue weighted by molar-refractivity contribution is 5.83. The zero-order chi connectivity index (χ0) is 19.9. The van der Waals surface area contributed by atoms with Gasteiger partial charge in [-0.15, -0.1) is 0 Å². The summed E-state index contributed by atoms with van der Waals surface area (Å²) in [6.45, 7) is 1.47. The number of nitrogens with zero attached hydrogens (tertiary/aromatic N) is 2. The molecule has 7 heteroatoms. The molecule has 1 aromatic carbocycles. The monoisotopic (exact) mass is 394 g/mol.